The van der Waals surface area contributed by atoms with Crippen molar-refractivity contribution in [1.82, 2.24) is 4.90 Å². The monoisotopic (exact) mass is 151 g/mol. The van der Waals surface area contributed by atoms with Crippen molar-refractivity contribution in [2.75, 3.05) is 19.6 Å². The smallest absolute Gasteiger partial charge is 0.00272 e. The summed E-state index contributed by atoms with van der Waals surface area (Å²) < 4.78 is 0. The number of likely N-dealkylation sites (tertiary alicyclic amines) is 1. The normalized spacial score (nSPS) is 49.4. The summed E-state index contributed by atoms with van der Waals surface area (Å²) >= 11 is 0. The first kappa shape index (κ1) is 6.47. The van der Waals surface area contributed by atoms with E-state index >= 15 is 0 Å². The third-order valence-electron chi connectivity index (χ3n) is 4.36. The standard InChI is InChI=1S/C10H17N/c1-2-11-6-9(7-11)10-3-8(4-10)5-10/h8-9H,2-7H2,1H3. The molecule has 0 aromatic heterocycles. The van der Waals surface area contributed by atoms with Crippen molar-refractivity contribution < 1.29 is 0 Å². The maximum absolute atomic E-state index is 2.57. The summed E-state index contributed by atoms with van der Waals surface area (Å²) in [5, 5.41) is 0. The zero-order chi connectivity index (χ0) is 7.47. The highest BCUT2D eigenvalue weighted by Gasteiger charge is 2.62. The van der Waals surface area contributed by atoms with E-state index < -0.39 is 0 Å². The van der Waals surface area contributed by atoms with Gasteiger partial charge in [-0.1, -0.05) is 6.92 Å². The fourth-order valence-electron chi connectivity index (χ4n) is 3.26. The van der Waals surface area contributed by atoms with Gasteiger partial charge in [0.25, 0.3) is 0 Å². The molecule has 1 heteroatoms. The minimum absolute atomic E-state index is 0.899. The first-order valence-electron chi connectivity index (χ1n) is 5.05. The van der Waals surface area contributed by atoms with Crippen molar-refractivity contribution in [3.05, 3.63) is 0 Å². The molecule has 2 bridgehead atoms. The van der Waals surface area contributed by atoms with Crippen LogP contribution in [0.1, 0.15) is 26.2 Å². The van der Waals surface area contributed by atoms with Crippen LogP contribution in [0.15, 0.2) is 0 Å². The van der Waals surface area contributed by atoms with E-state index in [1.165, 1.54) is 25.6 Å². The van der Waals surface area contributed by atoms with E-state index in [-0.39, 0.29) is 0 Å². The fourth-order valence-corrected chi connectivity index (χ4v) is 3.26. The Labute approximate surface area is 68.8 Å². The van der Waals surface area contributed by atoms with E-state index in [0.717, 1.165) is 11.3 Å². The molecule has 0 atom stereocenters. The van der Waals surface area contributed by atoms with Gasteiger partial charge in [0.05, 0.1) is 0 Å². The molecule has 0 aromatic carbocycles. The summed E-state index contributed by atoms with van der Waals surface area (Å²) in [5.41, 5.74) is 0.899. The van der Waals surface area contributed by atoms with Gasteiger partial charge < -0.3 is 4.90 Å². The average Bonchev–Trinajstić information content (AvgIpc) is 1.68. The highest BCUT2D eigenvalue weighted by Crippen LogP contribution is 2.69. The van der Waals surface area contributed by atoms with Gasteiger partial charge in [-0.3, -0.25) is 0 Å². The third kappa shape index (κ3) is 0.658. The van der Waals surface area contributed by atoms with Crippen LogP contribution in [0.2, 0.25) is 0 Å². The molecule has 0 unspecified atom stereocenters. The zero-order valence-electron chi connectivity index (χ0n) is 7.34. The van der Waals surface area contributed by atoms with Gasteiger partial charge in [-0.15, -0.1) is 0 Å². The van der Waals surface area contributed by atoms with Crippen LogP contribution in [0.5, 0.6) is 0 Å². The minimum atomic E-state index is 0.899. The average molecular weight is 151 g/mol. The molecule has 4 fully saturated rings. The Morgan fingerprint density at radius 2 is 1.91 bits per heavy atom. The second kappa shape index (κ2) is 1.82. The van der Waals surface area contributed by atoms with Gasteiger partial charge in [0.15, 0.2) is 0 Å². The van der Waals surface area contributed by atoms with Crippen LogP contribution in [0.4, 0.5) is 0 Å². The number of nitrogens with zero attached hydrogens (tertiary/aromatic N) is 1. The topological polar surface area (TPSA) is 3.24 Å². The predicted molar refractivity (Wildman–Crippen MR) is 45.4 cm³/mol. The van der Waals surface area contributed by atoms with Crippen LogP contribution >= 0.6 is 0 Å². The molecule has 62 valence electrons. The lowest BCUT2D eigenvalue weighted by Crippen LogP contribution is -2.65. The summed E-state index contributed by atoms with van der Waals surface area (Å²) in [6, 6.07) is 0. The molecule has 3 aliphatic carbocycles. The molecule has 0 radical (unpaired) electrons. The van der Waals surface area contributed by atoms with Crippen molar-refractivity contribution in [2.45, 2.75) is 26.2 Å². The SMILES string of the molecule is CCN1CC(C23CC(C2)C3)C1. The molecule has 11 heavy (non-hydrogen) atoms. The van der Waals surface area contributed by atoms with Crippen LogP contribution in [0.25, 0.3) is 0 Å². The molecule has 0 aromatic rings. The highest BCUT2D eigenvalue weighted by atomic mass is 15.2. The summed E-state index contributed by atoms with van der Waals surface area (Å²) in [5.74, 6) is 2.28. The molecule has 4 rings (SSSR count). The molecule has 0 spiro atoms. The van der Waals surface area contributed by atoms with Gasteiger partial charge in [-0.2, -0.15) is 0 Å². The zero-order valence-corrected chi connectivity index (χ0v) is 7.34. The van der Waals surface area contributed by atoms with E-state index in [2.05, 4.69) is 11.8 Å². The molecular weight excluding hydrogens is 134 g/mol. The van der Waals surface area contributed by atoms with Gasteiger partial charge in [-0.25, -0.2) is 0 Å². The lowest BCUT2D eigenvalue weighted by molar-refractivity contribution is -0.188. The van der Waals surface area contributed by atoms with Crippen LogP contribution in [-0.2, 0) is 0 Å². The third-order valence-corrected chi connectivity index (χ3v) is 4.36. The Bertz CT molecular complexity index is 164. The summed E-state index contributed by atoms with van der Waals surface area (Å²) in [6.45, 7) is 6.39. The van der Waals surface area contributed by atoms with Crippen molar-refractivity contribution >= 4 is 0 Å². The minimum Gasteiger partial charge on any atom is -0.303 e. The molecule has 1 aliphatic heterocycles. The van der Waals surface area contributed by atoms with E-state index in [0.29, 0.717) is 0 Å². The van der Waals surface area contributed by atoms with E-state index in [1.807, 2.05) is 0 Å². The van der Waals surface area contributed by atoms with E-state index in [4.69, 9.17) is 0 Å². The van der Waals surface area contributed by atoms with Crippen molar-refractivity contribution in [3.8, 4) is 0 Å². The molecule has 0 amide bonds. The van der Waals surface area contributed by atoms with Crippen LogP contribution < -0.4 is 0 Å². The lowest BCUT2D eigenvalue weighted by Gasteiger charge is -2.69. The van der Waals surface area contributed by atoms with Crippen LogP contribution in [0.3, 0.4) is 0 Å². The van der Waals surface area contributed by atoms with Crippen molar-refractivity contribution in [2.24, 2.45) is 17.3 Å². The molecule has 3 saturated carbocycles. The quantitative estimate of drug-likeness (QED) is 0.581. The van der Waals surface area contributed by atoms with Crippen molar-refractivity contribution in [3.63, 3.8) is 0 Å². The molecule has 0 N–H and O–H groups in total. The summed E-state index contributed by atoms with van der Waals surface area (Å²) in [6.07, 6.45) is 4.78. The maximum Gasteiger partial charge on any atom is 0.00272 e. The van der Waals surface area contributed by atoms with E-state index in [1.54, 1.807) is 19.3 Å². The number of rotatable bonds is 2. The molecule has 1 nitrogen and oxygen atoms in total. The summed E-state index contributed by atoms with van der Waals surface area (Å²) in [7, 11) is 0. The molecule has 1 heterocycles. The Morgan fingerprint density at radius 1 is 1.27 bits per heavy atom. The first-order valence-corrected chi connectivity index (χ1v) is 5.05. The molecule has 1 saturated heterocycles. The fraction of sp³-hybridized carbons (Fsp3) is 1.00. The van der Waals surface area contributed by atoms with Crippen LogP contribution in [0, 0.1) is 17.3 Å². The van der Waals surface area contributed by atoms with Gasteiger partial charge in [0, 0.05) is 13.1 Å². The second-order valence-corrected chi connectivity index (χ2v) is 4.89. The first-order chi connectivity index (χ1) is 5.32. The summed E-state index contributed by atoms with van der Waals surface area (Å²) in [4.78, 5) is 2.57. The van der Waals surface area contributed by atoms with E-state index in [9.17, 15) is 0 Å². The molecular formula is C10H17N. The Morgan fingerprint density at radius 3 is 2.27 bits per heavy atom. The Hall–Kier alpha value is -0.0400. The predicted octanol–water partition coefficient (Wildman–Crippen LogP) is 1.74. The second-order valence-electron chi connectivity index (χ2n) is 4.89. The Kier molecular flexibility index (Phi) is 1.07. The Balaban J connectivity index is 1.58. The molecule has 4 aliphatic rings. The van der Waals surface area contributed by atoms with Gasteiger partial charge in [0.2, 0.25) is 0 Å². The van der Waals surface area contributed by atoms with Gasteiger partial charge >= 0.3 is 0 Å². The number of hydrogen-bond donors (Lipinski definition) is 0. The lowest BCUT2D eigenvalue weighted by atomic mass is 9.39. The van der Waals surface area contributed by atoms with Gasteiger partial charge in [0.1, 0.15) is 0 Å². The number of hydrogen-bond acceptors (Lipinski definition) is 1. The van der Waals surface area contributed by atoms with Crippen LogP contribution in [-0.4, -0.2) is 24.5 Å². The van der Waals surface area contributed by atoms with Crippen molar-refractivity contribution in [1.29, 1.82) is 0 Å². The highest BCUT2D eigenvalue weighted by molar-refractivity contribution is 5.12. The maximum atomic E-state index is 2.57. The van der Waals surface area contributed by atoms with Gasteiger partial charge in [-0.05, 0) is 43.1 Å². The largest absolute Gasteiger partial charge is 0.303 e.